The van der Waals surface area contributed by atoms with Crippen LogP contribution in [0.15, 0.2) is 0 Å². The van der Waals surface area contributed by atoms with Crippen LogP contribution in [0.3, 0.4) is 0 Å². The Morgan fingerprint density at radius 3 is 2.00 bits per heavy atom. The molecule has 0 aliphatic carbocycles. The minimum Gasteiger partial charge on any atom is -0.395 e. The first-order valence-electron chi connectivity index (χ1n) is 6.71. The Morgan fingerprint density at radius 2 is 1.53 bits per heavy atom. The normalized spacial score (nSPS) is 19.8. The van der Waals surface area contributed by atoms with Crippen molar-refractivity contribution in [2.45, 2.75) is 32.8 Å². The Balaban J connectivity index is 2.02. The average Bonchev–Trinajstić information content (AvgIpc) is 2.26. The van der Waals surface area contributed by atoms with E-state index >= 15 is 0 Å². The van der Waals surface area contributed by atoms with Crippen LogP contribution in [0.2, 0.25) is 0 Å². The first kappa shape index (κ1) is 14.9. The lowest BCUT2D eigenvalue weighted by atomic mass is 10.2. The van der Waals surface area contributed by atoms with Gasteiger partial charge in [-0.25, -0.2) is 0 Å². The van der Waals surface area contributed by atoms with Gasteiger partial charge in [0, 0.05) is 45.9 Å². The standard InChI is InChI=1S/C13H28N2O2/c1-13(2,3)17-12-4-5-14-6-8-15(9-7-14)10-11-16/h16H,4-12H2,1-3H3. The highest BCUT2D eigenvalue weighted by Gasteiger charge is 2.16. The molecular weight excluding hydrogens is 216 g/mol. The van der Waals surface area contributed by atoms with Gasteiger partial charge in [-0.15, -0.1) is 0 Å². The van der Waals surface area contributed by atoms with E-state index in [1.54, 1.807) is 0 Å². The highest BCUT2D eigenvalue weighted by atomic mass is 16.5. The predicted octanol–water partition coefficient (Wildman–Crippen LogP) is 0.802. The number of rotatable bonds is 6. The lowest BCUT2D eigenvalue weighted by molar-refractivity contribution is -0.00847. The van der Waals surface area contributed by atoms with Crippen LogP contribution in [0.4, 0.5) is 0 Å². The number of hydrogen-bond acceptors (Lipinski definition) is 4. The van der Waals surface area contributed by atoms with Crippen molar-refractivity contribution in [3.05, 3.63) is 0 Å². The minimum atomic E-state index is -0.0141. The third-order valence-electron chi connectivity index (χ3n) is 3.03. The molecule has 0 bridgehead atoms. The Labute approximate surface area is 106 Å². The Hall–Kier alpha value is -0.160. The summed E-state index contributed by atoms with van der Waals surface area (Å²) in [4.78, 5) is 4.81. The number of aliphatic hydroxyl groups excluding tert-OH is 1. The quantitative estimate of drug-likeness (QED) is 0.701. The number of β-amino-alcohol motifs (C(OH)–C–C–N with tert-alkyl or cyclic N) is 1. The number of ether oxygens (including phenoxy) is 1. The summed E-state index contributed by atoms with van der Waals surface area (Å²) < 4.78 is 5.71. The van der Waals surface area contributed by atoms with Crippen LogP contribution in [-0.4, -0.2) is 73.0 Å². The van der Waals surface area contributed by atoms with Gasteiger partial charge in [-0.1, -0.05) is 0 Å². The van der Waals surface area contributed by atoms with Crippen LogP contribution in [0.1, 0.15) is 27.2 Å². The zero-order valence-electron chi connectivity index (χ0n) is 11.6. The van der Waals surface area contributed by atoms with Crippen molar-refractivity contribution in [1.82, 2.24) is 9.80 Å². The van der Waals surface area contributed by atoms with Crippen LogP contribution in [0, 0.1) is 0 Å². The summed E-state index contributed by atoms with van der Waals surface area (Å²) >= 11 is 0. The van der Waals surface area contributed by atoms with Crippen molar-refractivity contribution in [1.29, 1.82) is 0 Å². The summed E-state index contributed by atoms with van der Waals surface area (Å²) in [5.41, 5.74) is -0.0141. The van der Waals surface area contributed by atoms with Crippen molar-refractivity contribution in [3.63, 3.8) is 0 Å². The summed E-state index contributed by atoms with van der Waals surface area (Å²) in [6.07, 6.45) is 1.11. The first-order valence-corrected chi connectivity index (χ1v) is 6.71. The van der Waals surface area contributed by atoms with Crippen LogP contribution in [0.25, 0.3) is 0 Å². The molecule has 1 rings (SSSR count). The first-order chi connectivity index (χ1) is 8.01. The molecule has 0 spiro atoms. The highest BCUT2D eigenvalue weighted by Crippen LogP contribution is 2.08. The Morgan fingerprint density at radius 1 is 1.00 bits per heavy atom. The zero-order chi connectivity index (χ0) is 12.7. The maximum absolute atomic E-state index is 8.86. The largest absolute Gasteiger partial charge is 0.395 e. The van der Waals surface area contributed by atoms with Gasteiger partial charge in [-0.05, 0) is 27.2 Å². The molecule has 0 unspecified atom stereocenters. The molecule has 0 aromatic heterocycles. The third kappa shape index (κ3) is 6.99. The fraction of sp³-hybridized carbons (Fsp3) is 1.00. The molecule has 1 N–H and O–H groups in total. The molecule has 1 fully saturated rings. The molecule has 0 radical (unpaired) electrons. The van der Waals surface area contributed by atoms with E-state index in [1.807, 2.05) is 0 Å². The molecule has 0 saturated carbocycles. The van der Waals surface area contributed by atoms with Crippen molar-refractivity contribution >= 4 is 0 Å². The molecule has 4 nitrogen and oxygen atoms in total. The van der Waals surface area contributed by atoms with Crippen LogP contribution >= 0.6 is 0 Å². The maximum Gasteiger partial charge on any atom is 0.0598 e. The van der Waals surface area contributed by atoms with E-state index in [-0.39, 0.29) is 12.2 Å². The van der Waals surface area contributed by atoms with Gasteiger partial charge in [0.05, 0.1) is 12.2 Å². The van der Waals surface area contributed by atoms with Gasteiger partial charge >= 0.3 is 0 Å². The lowest BCUT2D eigenvalue weighted by Crippen LogP contribution is -2.47. The molecule has 102 valence electrons. The zero-order valence-corrected chi connectivity index (χ0v) is 11.6. The second-order valence-corrected chi connectivity index (χ2v) is 5.72. The monoisotopic (exact) mass is 244 g/mol. The van der Waals surface area contributed by atoms with Gasteiger partial charge < -0.3 is 14.7 Å². The summed E-state index contributed by atoms with van der Waals surface area (Å²) in [6.45, 7) is 13.8. The van der Waals surface area contributed by atoms with E-state index in [9.17, 15) is 0 Å². The highest BCUT2D eigenvalue weighted by molar-refractivity contribution is 4.71. The van der Waals surface area contributed by atoms with E-state index < -0.39 is 0 Å². The van der Waals surface area contributed by atoms with E-state index in [1.165, 1.54) is 0 Å². The van der Waals surface area contributed by atoms with Crippen LogP contribution in [-0.2, 0) is 4.74 Å². The van der Waals surface area contributed by atoms with Crippen LogP contribution < -0.4 is 0 Å². The van der Waals surface area contributed by atoms with Crippen LogP contribution in [0.5, 0.6) is 0 Å². The van der Waals surface area contributed by atoms with Gasteiger partial charge in [0.1, 0.15) is 0 Å². The molecular formula is C13H28N2O2. The Kier molecular flexibility index (Phi) is 6.41. The second-order valence-electron chi connectivity index (χ2n) is 5.72. The van der Waals surface area contributed by atoms with E-state index in [0.717, 1.165) is 52.3 Å². The predicted molar refractivity (Wildman–Crippen MR) is 70.3 cm³/mol. The summed E-state index contributed by atoms with van der Waals surface area (Å²) in [5.74, 6) is 0. The number of hydrogen-bond donors (Lipinski definition) is 1. The number of piperazine rings is 1. The molecule has 0 amide bonds. The third-order valence-corrected chi connectivity index (χ3v) is 3.03. The molecule has 1 heterocycles. The van der Waals surface area contributed by atoms with Crippen molar-refractivity contribution in [2.24, 2.45) is 0 Å². The summed E-state index contributed by atoms with van der Waals surface area (Å²) in [7, 11) is 0. The summed E-state index contributed by atoms with van der Waals surface area (Å²) in [6, 6.07) is 0. The van der Waals surface area contributed by atoms with Crippen molar-refractivity contribution in [3.8, 4) is 0 Å². The molecule has 17 heavy (non-hydrogen) atoms. The van der Waals surface area contributed by atoms with E-state index in [0.29, 0.717) is 0 Å². The van der Waals surface area contributed by atoms with Crippen molar-refractivity contribution in [2.75, 3.05) is 52.5 Å². The molecule has 4 heteroatoms. The average molecular weight is 244 g/mol. The SMILES string of the molecule is CC(C)(C)OCCCN1CCN(CCO)CC1. The molecule has 0 atom stereocenters. The summed E-state index contributed by atoms with van der Waals surface area (Å²) in [5, 5.41) is 8.86. The maximum atomic E-state index is 8.86. The van der Waals surface area contributed by atoms with Gasteiger partial charge in [-0.2, -0.15) is 0 Å². The van der Waals surface area contributed by atoms with E-state index in [4.69, 9.17) is 9.84 Å². The smallest absolute Gasteiger partial charge is 0.0598 e. The number of aliphatic hydroxyl groups is 1. The molecule has 1 aliphatic rings. The van der Waals surface area contributed by atoms with Gasteiger partial charge in [0.15, 0.2) is 0 Å². The molecule has 1 aliphatic heterocycles. The lowest BCUT2D eigenvalue weighted by Gasteiger charge is -2.34. The van der Waals surface area contributed by atoms with Gasteiger partial charge in [-0.3, -0.25) is 4.90 Å². The molecule has 0 aromatic carbocycles. The van der Waals surface area contributed by atoms with Gasteiger partial charge in [0.2, 0.25) is 0 Å². The Bertz CT molecular complexity index is 196. The van der Waals surface area contributed by atoms with Gasteiger partial charge in [0.25, 0.3) is 0 Å². The van der Waals surface area contributed by atoms with E-state index in [2.05, 4.69) is 30.6 Å². The fourth-order valence-electron chi connectivity index (χ4n) is 2.04. The molecule has 1 saturated heterocycles. The minimum absolute atomic E-state index is 0.0141. The number of nitrogens with zero attached hydrogens (tertiary/aromatic N) is 2. The van der Waals surface area contributed by atoms with Crippen molar-refractivity contribution < 1.29 is 9.84 Å². The molecule has 0 aromatic rings. The fourth-order valence-corrected chi connectivity index (χ4v) is 2.04. The second kappa shape index (κ2) is 7.31. The topological polar surface area (TPSA) is 35.9 Å².